The minimum absolute atomic E-state index is 0.0310. The zero-order valence-electron chi connectivity index (χ0n) is 7.95. The molecule has 1 rings (SSSR count). The van der Waals surface area contributed by atoms with Gasteiger partial charge in [0.1, 0.15) is 5.75 Å². The first kappa shape index (κ1) is 10.9. The molecule has 0 fully saturated rings. The highest BCUT2D eigenvalue weighted by Gasteiger charge is 2.13. The van der Waals surface area contributed by atoms with Crippen LogP contribution >= 0.6 is 11.6 Å². The van der Waals surface area contributed by atoms with Crippen molar-refractivity contribution in [3.8, 4) is 5.75 Å². The Morgan fingerprint density at radius 2 is 2.14 bits per heavy atom. The second kappa shape index (κ2) is 4.33. The molecule has 0 spiro atoms. The summed E-state index contributed by atoms with van der Waals surface area (Å²) in [5.41, 5.74) is 0.0600. The Hall–Kier alpha value is -1.22. The van der Waals surface area contributed by atoms with Crippen LogP contribution in [0.2, 0.25) is 5.02 Å². The molecule has 0 atom stereocenters. The molecule has 0 unspecified atom stereocenters. The van der Waals surface area contributed by atoms with Gasteiger partial charge in [0.2, 0.25) is 0 Å². The monoisotopic (exact) mass is 214 g/mol. The fourth-order valence-electron chi connectivity index (χ4n) is 1.02. The lowest BCUT2D eigenvalue weighted by molar-refractivity contribution is 0.0696. The first-order chi connectivity index (χ1) is 6.52. The molecule has 76 valence electrons. The van der Waals surface area contributed by atoms with E-state index < -0.39 is 5.97 Å². The molecule has 0 saturated heterocycles. The van der Waals surface area contributed by atoms with E-state index in [1.54, 1.807) is 12.1 Å². The number of hydrogen-bond acceptors (Lipinski definition) is 2. The summed E-state index contributed by atoms with van der Waals surface area (Å²) >= 11 is 5.84. The lowest BCUT2D eigenvalue weighted by atomic mass is 10.2. The van der Waals surface area contributed by atoms with Crippen LogP contribution in [0, 0.1) is 0 Å². The fraction of sp³-hybridized carbons (Fsp3) is 0.300. The van der Waals surface area contributed by atoms with E-state index in [1.807, 2.05) is 13.8 Å². The quantitative estimate of drug-likeness (QED) is 0.842. The van der Waals surface area contributed by atoms with Gasteiger partial charge in [-0.15, -0.1) is 0 Å². The summed E-state index contributed by atoms with van der Waals surface area (Å²) in [6.45, 7) is 3.70. The average Bonchev–Trinajstić information content (AvgIpc) is 2.07. The third kappa shape index (κ3) is 2.39. The Balaban J connectivity index is 3.07. The standard InChI is InChI=1S/C10H11ClO3/c1-6(2)14-8-5-3-4-7(9(8)11)10(12)13/h3-6H,1-2H3,(H,12,13). The van der Waals surface area contributed by atoms with Gasteiger partial charge in [-0.25, -0.2) is 4.79 Å². The van der Waals surface area contributed by atoms with Crippen LogP contribution < -0.4 is 4.74 Å². The van der Waals surface area contributed by atoms with Crippen LogP contribution in [0.3, 0.4) is 0 Å². The van der Waals surface area contributed by atoms with E-state index in [2.05, 4.69) is 0 Å². The minimum Gasteiger partial charge on any atom is -0.489 e. The van der Waals surface area contributed by atoms with Crippen LogP contribution in [0.5, 0.6) is 5.75 Å². The normalized spacial score (nSPS) is 10.3. The van der Waals surface area contributed by atoms with Crippen molar-refractivity contribution in [1.82, 2.24) is 0 Å². The first-order valence-electron chi connectivity index (χ1n) is 4.21. The summed E-state index contributed by atoms with van der Waals surface area (Å²) in [6.07, 6.45) is -0.0310. The summed E-state index contributed by atoms with van der Waals surface area (Å²) < 4.78 is 5.34. The van der Waals surface area contributed by atoms with Gasteiger partial charge in [0.25, 0.3) is 0 Å². The van der Waals surface area contributed by atoms with Crippen molar-refractivity contribution in [2.45, 2.75) is 20.0 Å². The maximum absolute atomic E-state index is 10.7. The Morgan fingerprint density at radius 1 is 1.50 bits per heavy atom. The molecule has 1 aromatic rings. The summed E-state index contributed by atoms with van der Waals surface area (Å²) in [6, 6.07) is 4.69. The van der Waals surface area contributed by atoms with Crippen LogP contribution in [0.1, 0.15) is 24.2 Å². The van der Waals surface area contributed by atoms with Gasteiger partial charge < -0.3 is 9.84 Å². The van der Waals surface area contributed by atoms with Crippen LogP contribution in [0.25, 0.3) is 0 Å². The lowest BCUT2D eigenvalue weighted by Gasteiger charge is -2.11. The Morgan fingerprint density at radius 3 is 2.64 bits per heavy atom. The van der Waals surface area contributed by atoms with E-state index >= 15 is 0 Å². The van der Waals surface area contributed by atoms with E-state index in [1.165, 1.54) is 6.07 Å². The van der Waals surface area contributed by atoms with Crippen LogP contribution in [-0.2, 0) is 0 Å². The van der Waals surface area contributed by atoms with Gasteiger partial charge in [-0.3, -0.25) is 0 Å². The highest BCUT2D eigenvalue weighted by atomic mass is 35.5. The Kier molecular flexibility index (Phi) is 3.36. The zero-order valence-corrected chi connectivity index (χ0v) is 8.71. The second-order valence-electron chi connectivity index (χ2n) is 3.09. The molecule has 4 heteroatoms. The molecule has 0 aliphatic rings. The lowest BCUT2D eigenvalue weighted by Crippen LogP contribution is -2.07. The molecule has 0 aliphatic heterocycles. The molecular formula is C10H11ClO3. The van der Waals surface area contributed by atoms with Gasteiger partial charge in [-0.1, -0.05) is 17.7 Å². The predicted molar refractivity (Wildman–Crippen MR) is 54.2 cm³/mol. The van der Waals surface area contributed by atoms with E-state index in [4.69, 9.17) is 21.4 Å². The molecule has 0 aliphatic carbocycles. The van der Waals surface area contributed by atoms with Gasteiger partial charge in [0, 0.05) is 0 Å². The van der Waals surface area contributed by atoms with E-state index in [9.17, 15) is 4.79 Å². The molecule has 0 aromatic heterocycles. The number of aromatic carboxylic acids is 1. The summed E-state index contributed by atoms with van der Waals surface area (Å²) in [7, 11) is 0. The van der Waals surface area contributed by atoms with Crippen molar-refractivity contribution in [1.29, 1.82) is 0 Å². The number of rotatable bonds is 3. The topological polar surface area (TPSA) is 46.5 Å². The second-order valence-corrected chi connectivity index (χ2v) is 3.47. The number of halogens is 1. The number of hydrogen-bond donors (Lipinski definition) is 1. The molecule has 1 aromatic carbocycles. The third-order valence-electron chi connectivity index (χ3n) is 1.56. The van der Waals surface area contributed by atoms with Crippen LogP contribution in [0.15, 0.2) is 18.2 Å². The maximum Gasteiger partial charge on any atom is 0.337 e. The molecule has 0 amide bonds. The van der Waals surface area contributed by atoms with E-state index in [-0.39, 0.29) is 16.7 Å². The van der Waals surface area contributed by atoms with E-state index in [0.717, 1.165) is 0 Å². The molecule has 0 radical (unpaired) electrons. The largest absolute Gasteiger partial charge is 0.489 e. The molecule has 3 nitrogen and oxygen atoms in total. The molecule has 0 saturated carbocycles. The molecule has 1 N–H and O–H groups in total. The number of carbonyl (C=O) groups is 1. The molecule has 0 heterocycles. The Labute approximate surface area is 87.3 Å². The number of benzene rings is 1. The van der Waals surface area contributed by atoms with Crippen molar-refractivity contribution >= 4 is 17.6 Å². The molecule has 0 bridgehead atoms. The smallest absolute Gasteiger partial charge is 0.337 e. The van der Waals surface area contributed by atoms with Gasteiger partial charge in [0.15, 0.2) is 0 Å². The number of carboxylic acid groups (broad SMARTS) is 1. The van der Waals surface area contributed by atoms with Gasteiger partial charge in [-0.05, 0) is 26.0 Å². The number of carboxylic acids is 1. The van der Waals surface area contributed by atoms with E-state index in [0.29, 0.717) is 5.75 Å². The summed E-state index contributed by atoms with van der Waals surface area (Å²) in [4.78, 5) is 10.7. The predicted octanol–water partition coefficient (Wildman–Crippen LogP) is 2.83. The highest BCUT2D eigenvalue weighted by molar-refractivity contribution is 6.34. The van der Waals surface area contributed by atoms with Crippen molar-refractivity contribution in [2.75, 3.05) is 0 Å². The molecule has 14 heavy (non-hydrogen) atoms. The highest BCUT2D eigenvalue weighted by Crippen LogP contribution is 2.28. The van der Waals surface area contributed by atoms with Crippen molar-refractivity contribution in [2.24, 2.45) is 0 Å². The first-order valence-corrected chi connectivity index (χ1v) is 4.58. The SMILES string of the molecule is CC(C)Oc1cccc(C(=O)O)c1Cl. The van der Waals surface area contributed by atoms with Crippen molar-refractivity contribution in [3.05, 3.63) is 28.8 Å². The molecular weight excluding hydrogens is 204 g/mol. The van der Waals surface area contributed by atoms with Gasteiger partial charge in [0.05, 0.1) is 16.7 Å². The summed E-state index contributed by atoms with van der Waals surface area (Å²) in [5.74, 6) is -0.647. The fourth-order valence-corrected chi connectivity index (χ4v) is 1.27. The minimum atomic E-state index is -1.05. The zero-order chi connectivity index (χ0) is 10.7. The average molecular weight is 215 g/mol. The van der Waals surface area contributed by atoms with Crippen molar-refractivity contribution in [3.63, 3.8) is 0 Å². The third-order valence-corrected chi connectivity index (χ3v) is 1.95. The van der Waals surface area contributed by atoms with Crippen LogP contribution in [0.4, 0.5) is 0 Å². The maximum atomic E-state index is 10.7. The van der Waals surface area contributed by atoms with Gasteiger partial charge >= 0.3 is 5.97 Å². The van der Waals surface area contributed by atoms with Gasteiger partial charge in [-0.2, -0.15) is 0 Å². The summed E-state index contributed by atoms with van der Waals surface area (Å²) in [5, 5.41) is 8.93. The number of ether oxygens (including phenoxy) is 1. The van der Waals surface area contributed by atoms with Crippen molar-refractivity contribution < 1.29 is 14.6 Å². The van der Waals surface area contributed by atoms with Crippen LogP contribution in [-0.4, -0.2) is 17.2 Å². The Bertz CT molecular complexity index is 347.